The Morgan fingerprint density at radius 2 is 2.15 bits per heavy atom. The Hall–Kier alpha value is -3.20. The Bertz CT molecular complexity index is 1350. The van der Waals surface area contributed by atoms with E-state index in [1.54, 1.807) is 39.6 Å². The number of anilines is 1. The molecule has 2 bridgehead atoms. The highest BCUT2D eigenvalue weighted by atomic mass is 19.1. The number of hydrogen-bond acceptors (Lipinski definition) is 5. The average molecular weight is 467 g/mol. The number of imidazole rings is 1. The third-order valence-electron chi connectivity index (χ3n) is 7.09. The number of amides is 1. The van der Waals surface area contributed by atoms with Gasteiger partial charge >= 0.3 is 0 Å². The number of carbonyl (C=O) groups excluding carboxylic acids is 1. The Labute approximate surface area is 195 Å². The Morgan fingerprint density at radius 3 is 2.82 bits per heavy atom. The molecule has 3 aromatic heterocycles. The number of nitrogens with zero attached hydrogens (tertiary/aromatic N) is 3. The third kappa shape index (κ3) is 3.33. The molecule has 2 saturated heterocycles. The van der Waals surface area contributed by atoms with Gasteiger partial charge in [-0.25, -0.2) is 9.37 Å². The minimum absolute atomic E-state index is 0.161. The molecule has 7 rings (SSSR count). The number of ether oxygens (including phenoxy) is 2. The summed E-state index contributed by atoms with van der Waals surface area (Å²) in [4.78, 5) is 30.9. The minimum Gasteiger partial charge on any atom is -0.490 e. The normalized spacial score (nSPS) is 25.5. The fourth-order valence-corrected chi connectivity index (χ4v) is 5.29. The van der Waals surface area contributed by atoms with E-state index in [1.807, 2.05) is 20.0 Å². The second kappa shape index (κ2) is 7.40. The summed E-state index contributed by atoms with van der Waals surface area (Å²) in [5, 5.41) is 2.77. The first-order valence-corrected chi connectivity index (χ1v) is 11.7. The van der Waals surface area contributed by atoms with Crippen molar-refractivity contribution in [1.82, 2.24) is 14.0 Å². The molecule has 0 spiro atoms. The van der Waals surface area contributed by atoms with E-state index in [9.17, 15) is 14.0 Å². The summed E-state index contributed by atoms with van der Waals surface area (Å²) >= 11 is 0. The molecule has 5 heterocycles. The molecule has 3 aromatic rings. The summed E-state index contributed by atoms with van der Waals surface area (Å²) in [6.45, 7) is 3.73. The molecular formula is C25H27FN4O4. The van der Waals surface area contributed by atoms with Crippen LogP contribution in [0.25, 0.3) is 5.65 Å². The molecule has 2 aliphatic heterocycles. The maximum Gasteiger partial charge on any atom is 0.274 e. The van der Waals surface area contributed by atoms with Crippen LogP contribution in [0.4, 0.5) is 10.1 Å². The van der Waals surface area contributed by atoms with Crippen molar-refractivity contribution in [3.05, 3.63) is 58.4 Å². The van der Waals surface area contributed by atoms with Gasteiger partial charge in [-0.3, -0.25) is 9.59 Å². The van der Waals surface area contributed by atoms with Gasteiger partial charge in [0.15, 0.2) is 0 Å². The molecule has 1 amide bonds. The van der Waals surface area contributed by atoms with E-state index in [2.05, 4.69) is 5.32 Å². The van der Waals surface area contributed by atoms with Crippen LogP contribution in [0.1, 0.15) is 61.6 Å². The molecule has 4 fully saturated rings. The van der Waals surface area contributed by atoms with Crippen LogP contribution in [-0.4, -0.2) is 44.8 Å². The van der Waals surface area contributed by atoms with Crippen molar-refractivity contribution in [3.63, 3.8) is 0 Å². The first kappa shape index (κ1) is 21.3. The zero-order valence-corrected chi connectivity index (χ0v) is 19.2. The highest BCUT2D eigenvalue weighted by molar-refractivity contribution is 6.06. The van der Waals surface area contributed by atoms with Crippen molar-refractivity contribution < 1.29 is 18.7 Å². The Kier molecular flexibility index (Phi) is 4.64. The van der Waals surface area contributed by atoms with Crippen molar-refractivity contribution in [2.75, 3.05) is 18.6 Å². The van der Waals surface area contributed by atoms with Gasteiger partial charge < -0.3 is 23.8 Å². The van der Waals surface area contributed by atoms with Gasteiger partial charge in [-0.1, -0.05) is 0 Å². The molecule has 4 aliphatic rings. The summed E-state index contributed by atoms with van der Waals surface area (Å²) in [5.74, 6) is -0.0385. The molecule has 0 unspecified atom stereocenters. The van der Waals surface area contributed by atoms with Crippen LogP contribution in [0.2, 0.25) is 0 Å². The van der Waals surface area contributed by atoms with Crippen LogP contribution in [0, 0.1) is 0 Å². The first-order chi connectivity index (χ1) is 16.3. The van der Waals surface area contributed by atoms with E-state index in [0.29, 0.717) is 36.4 Å². The van der Waals surface area contributed by atoms with Crippen LogP contribution in [0.3, 0.4) is 0 Å². The number of fused-ring (bicyclic) bond motifs is 2. The lowest BCUT2D eigenvalue weighted by atomic mass is 9.61. The van der Waals surface area contributed by atoms with Crippen LogP contribution < -0.4 is 15.6 Å². The van der Waals surface area contributed by atoms with Gasteiger partial charge in [0.05, 0.1) is 29.6 Å². The fourth-order valence-electron chi connectivity index (χ4n) is 5.29. The standard InChI is InChI=1S/C25H27FN4O4/c1-15(2)34-19-8-21-28-20(24-11-25(12-24,13-26)33-14-24)10-29(21)9-17(19)22(31)27-18-4-3-7-30(23(18)32)16-5-6-16/h3-4,7-10,15-16H,5-6,11-14H2,1-2H3,(H,27,31). The number of carbonyl (C=O) groups is 1. The summed E-state index contributed by atoms with van der Waals surface area (Å²) in [7, 11) is 0. The van der Waals surface area contributed by atoms with Crippen molar-refractivity contribution in [2.24, 2.45) is 0 Å². The van der Waals surface area contributed by atoms with Gasteiger partial charge in [0.1, 0.15) is 23.8 Å². The topological polar surface area (TPSA) is 86.9 Å². The smallest absolute Gasteiger partial charge is 0.274 e. The molecule has 34 heavy (non-hydrogen) atoms. The molecule has 178 valence electrons. The van der Waals surface area contributed by atoms with E-state index in [4.69, 9.17) is 14.5 Å². The number of halogens is 1. The van der Waals surface area contributed by atoms with Crippen molar-refractivity contribution in [1.29, 1.82) is 0 Å². The van der Waals surface area contributed by atoms with Crippen molar-refractivity contribution >= 4 is 17.2 Å². The molecule has 9 heteroatoms. The Balaban J connectivity index is 1.35. The quantitative estimate of drug-likeness (QED) is 0.575. The number of nitrogens with one attached hydrogen (secondary N) is 1. The van der Waals surface area contributed by atoms with E-state index < -0.39 is 18.2 Å². The van der Waals surface area contributed by atoms with E-state index in [0.717, 1.165) is 18.5 Å². The number of aromatic nitrogens is 3. The van der Waals surface area contributed by atoms with Gasteiger partial charge in [0.2, 0.25) is 0 Å². The van der Waals surface area contributed by atoms with Gasteiger partial charge in [0, 0.05) is 36.1 Å². The van der Waals surface area contributed by atoms with Gasteiger partial charge in [0.25, 0.3) is 11.5 Å². The molecule has 1 N–H and O–H groups in total. The van der Waals surface area contributed by atoms with Crippen molar-refractivity contribution in [2.45, 2.75) is 62.7 Å². The van der Waals surface area contributed by atoms with Crippen LogP contribution in [0.15, 0.2) is 41.6 Å². The maximum atomic E-state index is 13.4. The lowest BCUT2D eigenvalue weighted by Crippen LogP contribution is -2.48. The van der Waals surface area contributed by atoms with Crippen LogP contribution in [-0.2, 0) is 10.2 Å². The number of hydrogen-bond donors (Lipinski definition) is 1. The highest BCUT2D eigenvalue weighted by Crippen LogP contribution is 2.58. The van der Waals surface area contributed by atoms with E-state index in [1.165, 1.54) is 0 Å². The molecular weight excluding hydrogens is 439 g/mol. The molecule has 8 nitrogen and oxygen atoms in total. The first-order valence-electron chi connectivity index (χ1n) is 11.7. The Morgan fingerprint density at radius 1 is 1.35 bits per heavy atom. The number of rotatable bonds is 7. The number of pyridine rings is 2. The van der Waals surface area contributed by atoms with E-state index >= 15 is 0 Å². The second-order valence-electron chi connectivity index (χ2n) is 10.2. The van der Waals surface area contributed by atoms with Gasteiger partial charge in [-0.05, 0) is 51.7 Å². The number of alkyl halides is 1. The summed E-state index contributed by atoms with van der Waals surface area (Å²) < 4.78 is 28.5. The van der Waals surface area contributed by atoms with Gasteiger partial charge in [-0.15, -0.1) is 0 Å². The fraction of sp³-hybridized carbons (Fsp3) is 0.480. The molecule has 2 saturated carbocycles. The largest absolute Gasteiger partial charge is 0.490 e. The zero-order valence-electron chi connectivity index (χ0n) is 19.2. The summed E-state index contributed by atoms with van der Waals surface area (Å²) in [6.07, 6.45) is 8.33. The zero-order chi connectivity index (χ0) is 23.7. The molecule has 0 atom stereocenters. The summed E-state index contributed by atoms with van der Waals surface area (Å²) in [5.41, 5.74) is 0.860. The molecule has 0 aromatic carbocycles. The van der Waals surface area contributed by atoms with E-state index in [-0.39, 0.29) is 28.8 Å². The van der Waals surface area contributed by atoms with Crippen molar-refractivity contribution in [3.8, 4) is 5.75 Å². The summed E-state index contributed by atoms with van der Waals surface area (Å²) in [6, 6.07) is 5.33. The second-order valence-corrected chi connectivity index (χ2v) is 10.2. The lowest BCUT2D eigenvalue weighted by Gasteiger charge is -2.41. The van der Waals surface area contributed by atoms with Crippen LogP contribution in [0.5, 0.6) is 5.75 Å². The maximum absolute atomic E-state index is 13.4. The monoisotopic (exact) mass is 466 g/mol. The SMILES string of the molecule is CC(C)Oc1cc2nc(C34COC(CF)(C3)C4)cn2cc1C(=O)Nc1cccn(C2CC2)c1=O. The minimum atomic E-state index is -0.657. The average Bonchev–Trinajstić information content (AvgIpc) is 3.26. The van der Waals surface area contributed by atoms with Gasteiger partial charge in [-0.2, -0.15) is 0 Å². The highest BCUT2D eigenvalue weighted by Gasteiger charge is 2.64. The molecule has 2 aliphatic carbocycles. The third-order valence-corrected chi connectivity index (χ3v) is 7.09. The predicted molar refractivity (Wildman–Crippen MR) is 123 cm³/mol. The molecule has 0 radical (unpaired) electrons. The lowest BCUT2D eigenvalue weighted by molar-refractivity contribution is -0.0235. The predicted octanol–water partition coefficient (Wildman–Crippen LogP) is 3.64. The van der Waals surface area contributed by atoms with Crippen LogP contribution >= 0.6 is 0 Å².